The van der Waals surface area contributed by atoms with Crippen LogP contribution in [-0.2, 0) is 4.79 Å². The predicted octanol–water partition coefficient (Wildman–Crippen LogP) is 1.30. The lowest BCUT2D eigenvalue weighted by Gasteiger charge is -2.06. The van der Waals surface area contributed by atoms with Crippen molar-refractivity contribution in [1.82, 2.24) is 30.8 Å². The number of nitrogens with zero attached hydrogens (tertiary/aromatic N) is 4. The van der Waals surface area contributed by atoms with Gasteiger partial charge < -0.3 is 5.32 Å². The van der Waals surface area contributed by atoms with E-state index in [-0.39, 0.29) is 5.75 Å². The summed E-state index contributed by atoms with van der Waals surface area (Å²) in [5.74, 6) is -0.353. The molecule has 0 fully saturated rings. The van der Waals surface area contributed by atoms with Crippen molar-refractivity contribution in [3.05, 3.63) is 29.8 Å². The molecule has 0 radical (unpaired) electrons. The number of urea groups is 1. The summed E-state index contributed by atoms with van der Waals surface area (Å²) >= 11 is 1.16. The third kappa shape index (κ3) is 5.06. The fourth-order valence-electron chi connectivity index (χ4n) is 1.77. The molecule has 23 heavy (non-hydrogen) atoms. The molecule has 0 unspecified atom stereocenters. The Bertz CT molecular complexity index is 687. The highest BCUT2D eigenvalue weighted by Crippen LogP contribution is 2.18. The number of hydrogen-bond acceptors (Lipinski definition) is 6. The van der Waals surface area contributed by atoms with Crippen LogP contribution in [0.2, 0.25) is 0 Å². The zero-order chi connectivity index (χ0) is 16.7. The molecule has 2 rings (SSSR count). The van der Waals surface area contributed by atoms with E-state index in [1.807, 2.05) is 38.1 Å². The first-order valence-electron chi connectivity index (χ1n) is 7.16. The minimum absolute atomic E-state index is 0.0474. The molecule has 0 saturated carbocycles. The van der Waals surface area contributed by atoms with Crippen LogP contribution in [0.3, 0.4) is 0 Å². The van der Waals surface area contributed by atoms with E-state index in [0.29, 0.717) is 11.7 Å². The summed E-state index contributed by atoms with van der Waals surface area (Å²) in [6.07, 6.45) is 0.807. The zero-order valence-corrected chi connectivity index (χ0v) is 13.8. The summed E-state index contributed by atoms with van der Waals surface area (Å²) in [5.41, 5.74) is 1.90. The minimum atomic E-state index is -0.490. The maximum atomic E-state index is 11.7. The normalized spacial score (nSPS) is 10.3. The molecular weight excluding hydrogens is 316 g/mol. The van der Waals surface area contributed by atoms with Crippen molar-refractivity contribution in [2.75, 3.05) is 12.3 Å². The molecule has 0 aliphatic carbocycles. The van der Waals surface area contributed by atoms with E-state index in [0.717, 1.165) is 29.4 Å². The standard InChI is InChI=1S/C14H18N6O2S/c1-3-7-15-13(22)16-12(21)9-23-14-17-18-19-20(14)11-6-4-5-10(2)8-11/h4-6,8H,3,7,9H2,1-2H3,(H2,15,16,21,22). The summed E-state index contributed by atoms with van der Waals surface area (Å²) in [7, 11) is 0. The van der Waals surface area contributed by atoms with Crippen LogP contribution in [-0.4, -0.2) is 44.4 Å². The average molecular weight is 334 g/mol. The number of thioether (sulfide) groups is 1. The van der Waals surface area contributed by atoms with Gasteiger partial charge in [-0.05, 0) is 41.5 Å². The number of carbonyl (C=O) groups is 2. The number of tetrazole rings is 1. The van der Waals surface area contributed by atoms with Crippen molar-refractivity contribution in [3.63, 3.8) is 0 Å². The number of rotatable bonds is 6. The number of amides is 3. The summed E-state index contributed by atoms with van der Waals surface area (Å²) in [4.78, 5) is 23.1. The molecule has 3 amide bonds. The fraction of sp³-hybridized carbons (Fsp3) is 0.357. The molecule has 0 aliphatic rings. The van der Waals surface area contributed by atoms with E-state index in [2.05, 4.69) is 26.2 Å². The Balaban J connectivity index is 1.93. The molecule has 2 aromatic rings. The fourth-order valence-corrected chi connectivity index (χ4v) is 2.46. The van der Waals surface area contributed by atoms with Gasteiger partial charge in [-0.3, -0.25) is 10.1 Å². The molecule has 0 spiro atoms. The first-order valence-corrected chi connectivity index (χ1v) is 8.14. The first kappa shape index (κ1) is 16.9. The van der Waals surface area contributed by atoms with Crippen LogP contribution in [0.15, 0.2) is 29.4 Å². The molecular formula is C14H18N6O2S. The highest BCUT2D eigenvalue weighted by Gasteiger charge is 2.13. The third-order valence-electron chi connectivity index (χ3n) is 2.81. The number of imide groups is 1. The number of carbonyl (C=O) groups excluding carboxylic acids is 2. The second-order valence-corrected chi connectivity index (χ2v) is 5.75. The number of benzene rings is 1. The largest absolute Gasteiger partial charge is 0.338 e. The van der Waals surface area contributed by atoms with Crippen LogP contribution < -0.4 is 10.6 Å². The van der Waals surface area contributed by atoms with E-state index >= 15 is 0 Å². The molecule has 8 nitrogen and oxygen atoms in total. The summed E-state index contributed by atoms with van der Waals surface area (Å²) < 4.78 is 1.56. The van der Waals surface area contributed by atoms with Crippen molar-refractivity contribution in [1.29, 1.82) is 0 Å². The maximum Gasteiger partial charge on any atom is 0.321 e. The van der Waals surface area contributed by atoms with Gasteiger partial charge in [0.25, 0.3) is 0 Å². The molecule has 9 heteroatoms. The van der Waals surface area contributed by atoms with Crippen molar-refractivity contribution in [3.8, 4) is 5.69 Å². The second-order valence-electron chi connectivity index (χ2n) is 4.81. The monoisotopic (exact) mass is 334 g/mol. The van der Waals surface area contributed by atoms with Gasteiger partial charge in [-0.2, -0.15) is 4.68 Å². The smallest absolute Gasteiger partial charge is 0.321 e. The van der Waals surface area contributed by atoms with E-state index in [4.69, 9.17) is 0 Å². The van der Waals surface area contributed by atoms with Gasteiger partial charge >= 0.3 is 6.03 Å². The molecule has 0 saturated heterocycles. The lowest BCUT2D eigenvalue weighted by Crippen LogP contribution is -2.40. The number of hydrogen-bond donors (Lipinski definition) is 2. The minimum Gasteiger partial charge on any atom is -0.338 e. The second kappa shape index (κ2) is 8.28. The van der Waals surface area contributed by atoms with Gasteiger partial charge in [-0.1, -0.05) is 30.8 Å². The first-order chi connectivity index (χ1) is 11.1. The van der Waals surface area contributed by atoms with Gasteiger partial charge in [-0.15, -0.1) is 5.10 Å². The Morgan fingerprint density at radius 3 is 2.91 bits per heavy atom. The van der Waals surface area contributed by atoms with E-state index in [1.165, 1.54) is 0 Å². The van der Waals surface area contributed by atoms with E-state index in [1.54, 1.807) is 4.68 Å². The molecule has 0 atom stereocenters. The molecule has 0 aliphatic heterocycles. The highest BCUT2D eigenvalue weighted by atomic mass is 32.2. The van der Waals surface area contributed by atoms with Gasteiger partial charge in [0.2, 0.25) is 11.1 Å². The van der Waals surface area contributed by atoms with Crippen molar-refractivity contribution in [2.24, 2.45) is 0 Å². The van der Waals surface area contributed by atoms with Gasteiger partial charge in [-0.25, -0.2) is 4.79 Å². The molecule has 122 valence electrons. The Kier molecular flexibility index (Phi) is 6.10. The van der Waals surface area contributed by atoms with Crippen LogP contribution in [0.4, 0.5) is 4.79 Å². The van der Waals surface area contributed by atoms with Crippen molar-refractivity contribution in [2.45, 2.75) is 25.4 Å². The number of aromatic nitrogens is 4. The quantitative estimate of drug-likeness (QED) is 0.772. The Morgan fingerprint density at radius 2 is 2.17 bits per heavy atom. The van der Waals surface area contributed by atoms with Crippen LogP contribution >= 0.6 is 11.8 Å². The number of aryl methyl sites for hydroxylation is 1. The maximum absolute atomic E-state index is 11.7. The van der Waals surface area contributed by atoms with Crippen LogP contribution in [0.25, 0.3) is 5.69 Å². The van der Waals surface area contributed by atoms with E-state index < -0.39 is 11.9 Å². The lowest BCUT2D eigenvalue weighted by atomic mass is 10.2. The van der Waals surface area contributed by atoms with Crippen LogP contribution in [0.1, 0.15) is 18.9 Å². The SMILES string of the molecule is CCCNC(=O)NC(=O)CSc1nnnn1-c1cccc(C)c1. The summed E-state index contributed by atoms with van der Waals surface area (Å²) in [5, 5.41) is 16.8. The lowest BCUT2D eigenvalue weighted by molar-refractivity contribution is -0.117. The van der Waals surface area contributed by atoms with Crippen LogP contribution in [0.5, 0.6) is 0 Å². The number of nitrogens with one attached hydrogen (secondary N) is 2. The van der Waals surface area contributed by atoms with Crippen molar-refractivity contribution >= 4 is 23.7 Å². The average Bonchev–Trinajstić information content (AvgIpc) is 2.99. The molecule has 1 heterocycles. The third-order valence-corrected chi connectivity index (χ3v) is 3.73. The molecule has 1 aromatic heterocycles. The molecule has 0 bridgehead atoms. The van der Waals surface area contributed by atoms with Crippen molar-refractivity contribution < 1.29 is 9.59 Å². The van der Waals surface area contributed by atoms with Gasteiger partial charge in [0.05, 0.1) is 11.4 Å². The van der Waals surface area contributed by atoms with Crippen LogP contribution in [0, 0.1) is 6.92 Å². The molecule has 1 aromatic carbocycles. The summed E-state index contributed by atoms with van der Waals surface area (Å²) in [6, 6.07) is 7.22. The van der Waals surface area contributed by atoms with Gasteiger partial charge in [0.15, 0.2) is 0 Å². The van der Waals surface area contributed by atoms with E-state index in [9.17, 15) is 9.59 Å². The predicted molar refractivity (Wildman–Crippen MR) is 86.4 cm³/mol. The Labute approximate surface area is 138 Å². The van der Waals surface area contributed by atoms with Gasteiger partial charge in [0, 0.05) is 6.54 Å². The summed E-state index contributed by atoms with van der Waals surface area (Å²) in [6.45, 7) is 4.43. The van der Waals surface area contributed by atoms with Gasteiger partial charge in [0.1, 0.15) is 0 Å². The highest BCUT2D eigenvalue weighted by molar-refractivity contribution is 7.99. The molecule has 2 N–H and O–H groups in total. The Hall–Kier alpha value is -2.42. The zero-order valence-electron chi connectivity index (χ0n) is 12.9. The topological polar surface area (TPSA) is 102 Å². The Morgan fingerprint density at radius 1 is 1.35 bits per heavy atom.